The van der Waals surface area contributed by atoms with Gasteiger partial charge in [-0.15, -0.1) is 11.7 Å². The van der Waals surface area contributed by atoms with Gasteiger partial charge >= 0.3 is 5.97 Å². The molecular weight excluding hydrogens is 172 g/mol. The van der Waals surface area contributed by atoms with E-state index in [0.717, 1.165) is 22.9 Å². The molecule has 0 amide bonds. The number of methoxy groups -OCH3 is 1. The number of ether oxygens (including phenoxy) is 1. The van der Waals surface area contributed by atoms with E-state index < -0.39 is 5.97 Å². The second-order valence-corrected chi connectivity index (χ2v) is 2.40. The van der Waals surface area contributed by atoms with Gasteiger partial charge in [0.1, 0.15) is 0 Å². The number of thiol groups is 1. The second-order valence-electron chi connectivity index (χ2n) is 1.27. The van der Waals surface area contributed by atoms with E-state index in [1.54, 1.807) is 0 Å². The molecule has 5 heteroatoms. The zero-order valence-electron chi connectivity index (χ0n) is 5.23. The molecule has 0 rings (SSSR count). The highest BCUT2D eigenvalue weighted by atomic mass is 33.1. The molecule has 0 bridgehead atoms. The predicted molar refractivity (Wildman–Crippen MR) is 42.7 cm³/mol. The maximum atomic E-state index is 10.4. The largest absolute Gasteiger partial charge is 0.466 e. The van der Waals surface area contributed by atoms with Gasteiger partial charge in [0.2, 0.25) is 5.12 Å². The fourth-order valence-corrected chi connectivity index (χ4v) is 0.546. The van der Waals surface area contributed by atoms with Gasteiger partial charge in [0, 0.05) is 12.2 Å². The molecule has 0 fully saturated rings. The number of hydrogen-bond acceptors (Lipinski definition) is 5. The first-order chi connectivity index (χ1) is 4.70. The van der Waals surface area contributed by atoms with Gasteiger partial charge in [-0.25, -0.2) is 4.79 Å². The smallest absolute Gasteiger partial charge is 0.330 e. The minimum absolute atomic E-state index is 0.297. The van der Waals surface area contributed by atoms with E-state index >= 15 is 0 Å². The van der Waals surface area contributed by atoms with E-state index in [1.807, 2.05) is 0 Å². The fourth-order valence-electron chi connectivity index (χ4n) is 0.235. The molecule has 0 aromatic carbocycles. The number of hydrogen-bond donors (Lipinski definition) is 1. The first-order valence-corrected chi connectivity index (χ1v) is 4.19. The lowest BCUT2D eigenvalue weighted by molar-refractivity contribution is -0.135. The third-order valence-corrected chi connectivity index (χ3v) is 1.50. The normalized spacial score (nSPS) is 9.80. The summed E-state index contributed by atoms with van der Waals surface area (Å²) in [7, 11) is 1.98. The zero-order chi connectivity index (χ0) is 7.98. The minimum Gasteiger partial charge on any atom is -0.466 e. The Morgan fingerprint density at radius 2 is 2.10 bits per heavy atom. The van der Waals surface area contributed by atoms with Crippen molar-refractivity contribution in [1.82, 2.24) is 0 Å². The topological polar surface area (TPSA) is 43.4 Å². The number of esters is 1. The molecular formula is C5H6O3S2. The van der Waals surface area contributed by atoms with Crippen molar-refractivity contribution in [2.45, 2.75) is 0 Å². The molecule has 0 saturated carbocycles. The van der Waals surface area contributed by atoms with Crippen LogP contribution in [0.15, 0.2) is 12.2 Å². The monoisotopic (exact) mass is 178 g/mol. The minimum atomic E-state index is -0.546. The van der Waals surface area contributed by atoms with Crippen molar-refractivity contribution in [3.8, 4) is 0 Å². The summed E-state index contributed by atoms with van der Waals surface area (Å²) < 4.78 is 4.23. The van der Waals surface area contributed by atoms with Gasteiger partial charge in [0.05, 0.1) is 7.11 Å². The third-order valence-electron chi connectivity index (χ3n) is 0.647. The SMILES string of the molecule is COC(=O)C=CC(=O)SS. The van der Waals surface area contributed by atoms with Crippen LogP contribution in [-0.4, -0.2) is 18.2 Å². The first kappa shape index (κ1) is 9.58. The van der Waals surface area contributed by atoms with Crippen molar-refractivity contribution in [1.29, 1.82) is 0 Å². The van der Waals surface area contributed by atoms with Crippen molar-refractivity contribution in [2.24, 2.45) is 0 Å². The van der Waals surface area contributed by atoms with E-state index in [9.17, 15) is 9.59 Å². The van der Waals surface area contributed by atoms with Gasteiger partial charge in [-0.2, -0.15) is 0 Å². The highest BCUT2D eigenvalue weighted by Gasteiger charge is 1.94. The summed E-state index contributed by atoms with van der Waals surface area (Å²) in [4.78, 5) is 20.8. The quantitative estimate of drug-likeness (QED) is 0.294. The Balaban J connectivity index is 3.75. The average molecular weight is 178 g/mol. The Morgan fingerprint density at radius 1 is 1.50 bits per heavy atom. The molecule has 0 unspecified atom stereocenters. The summed E-state index contributed by atoms with van der Waals surface area (Å²) in [5.74, 6) is -0.546. The van der Waals surface area contributed by atoms with E-state index in [4.69, 9.17) is 0 Å². The van der Waals surface area contributed by atoms with Crippen LogP contribution in [-0.2, 0) is 14.3 Å². The van der Waals surface area contributed by atoms with Crippen molar-refractivity contribution in [2.75, 3.05) is 7.11 Å². The Morgan fingerprint density at radius 3 is 2.50 bits per heavy atom. The van der Waals surface area contributed by atoms with Crippen LogP contribution in [0.3, 0.4) is 0 Å². The molecule has 0 aliphatic carbocycles. The molecule has 0 atom stereocenters. The van der Waals surface area contributed by atoms with Crippen LogP contribution >= 0.6 is 22.5 Å². The number of carbonyl (C=O) groups is 2. The van der Waals surface area contributed by atoms with E-state index in [2.05, 4.69) is 16.4 Å². The molecule has 0 heterocycles. The van der Waals surface area contributed by atoms with Gasteiger partial charge in [0.15, 0.2) is 0 Å². The Hall–Kier alpha value is -0.420. The lowest BCUT2D eigenvalue weighted by Gasteiger charge is -1.87. The number of rotatable bonds is 2. The second kappa shape index (κ2) is 5.37. The first-order valence-electron chi connectivity index (χ1n) is 2.32. The van der Waals surface area contributed by atoms with Gasteiger partial charge in [-0.1, -0.05) is 0 Å². The van der Waals surface area contributed by atoms with Crippen LogP contribution in [0.25, 0.3) is 0 Å². The van der Waals surface area contributed by atoms with E-state index in [0.29, 0.717) is 0 Å². The third kappa shape index (κ3) is 4.46. The van der Waals surface area contributed by atoms with Crippen molar-refractivity contribution < 1.29 is 14.3 Å². The van der Waals surface area contributed by atoms with Crippen LogP contribution in [0.5, 0.6) is 0 Å². The van der Waals surface area contributed by atoms with Crippen molar-refractivity contribution in [3.05, 3.63) is 12.2 Å². The molecule has 0 aromatic heterocycles. The maximum absolute atomic E-state index is 10.4. The van der Waals surface area contributed by atoms with E-state index in [-0.39, 0.29) is 5.12 Å². The zero-order valence-corrected chi connectivity index (χ0v) is 6.95. The molecule has 0 radical (unpaired) electrons. The summed E-state index contributed by atoms with van der Waals surface area (Å²) in [5.41, 5.74) is 0. The summed E-state index contributed by atoms with van der Waals surface area (Å²) in [6, 6.07) is 0. The summed E-state index contributed by atoms with van der Waals surface area (Å²) in [6.07, 6.45) is 2.15. The number of carbonyl (C=O) groups excluding carboxylic acids is 2. The average Bonchev–Trinajstić information content (AvgIpc) is 1.99. The van der Waals surface area contributed by atoms with Crippen LogP contribution in [0.4, 0.5) is 0 Å². The fraction of sp³-hybridized carbons (Fsp3) is 0.200. The van der Waals surface area contributed by atoms with Gasteiger partial charge in [-0.05, 0) is 10.8 Å². The van der Waals surface area contributed by atoms with Crippen molar-refractivity contribution >= 4 is 33.5 Å². The Labute approximate surface area is 67.6 Å². The predicted octanol–water partition coefficient (Wildman–Crippen LogP) is 0.820. The Bertz CT molecular complexity index is 146. The molecule has 10 heavy (non-hydrogen) atoms. The van der Waals surface area contributed by atoms with E-state index in [1.165, 1.54) is 7.11 Å². The maximum Gasteiger partial charge on any atom is 0.330 e. The van der Waals surface area contributed by atoms with Crippen molar-refractivity contribution in [3.63, 3.8) is 0 Å². The highest BCUT2D eigenvalue weighted by molar-refractivity contribution is 8.75. The molecule has 0 saturated heterocycles. The van der Waals surface area contributed by atoms with Crippen LogP contribution in [0.2, 0.25) is 0 Å². The lowest BCUT2D eigenvalue weighted by Crippen LogP contribution is -1.94. The van der Waals surface area contributed by atoms with Crippen LogP contribution in [0, 0.1) is 0 Å². The Kier molecular flexibility index (Phi) is 5.15. The summed E-state index contributed by atoms with van der Waals surface area (Å²) in [5, 5.41) is -0.297. The molecule has 3 nitrogen and oxygen atoms in total. The molecule has 0 N–H and O–H groups in total. The molecule has 56 valence electrons. The van der Waals surface area contributed by atoms with Gasteiger partial charge in [0.25, 0.3) is 0 Å². The summed E-state index contributed by atoms with van der Waals surface area (Å²) >= 11 is 3.61. The highest BCUT2D eigenvalue weighted by Crippen LogP contribution is 2.06. The summed E-state index contributed by atoms with van der Waals surface area (Å²) in [6.45, 7) is 0. The van der Waals surface area contributed by atoms with Gasteiger partial charge in [-0.3, -0.25) is 4.79 Å². The molecule has 0 aliphatic heterocycles. The standard InChI is InChI=1S/C5H6O3S2/c1-8-4(6)2-3-5(7)10-9/h2-3,9H,1H3. The van der Waals surface area contributed by atoms with Crippen LogP contribution in [0.1, 0.15) is 0 Å². The van der Waals surface area contributed by atoms with Gasteiger partial charge < -0.3 is 4.74 Å². The molecule has 0 aliphatic rings. The lowest BCUT2D eigenvalue weighted by atomic mass is 10.5. The molecule has 0 spiro atoms. The van der Waals surface area contributed by atoms with Crippen LogP contribution < -0.4 is 0 Å². The molecule has 0 aromatic rings.